The van der Waals surface area contributed by atoms with Crippen LogP contribution in [0.4, 0.5) is 0 Å². The van der Waals surface area contributed by atoms with Gasteiger partial charge in [0, 0.05) is 12.1 Å². The van der Waals surface area contributed by atoms with Crippen LogP contribution in [0.1, 0.15) is 24.8 Å². The zero-order chi connectivity index (χ0) is 15.0. The van der Waals surface area contributed by atoms with E-state index in [4.69, 9.17) is 0 Å². The smallest absolute Gasteiger partial charge is 0.326 e. The Bertz CT molecular complexity index is 571. The Labute approximate surface area is 123 Å². The van der Waals surface area contributed by atoms with Crippen molar-refractivity contribution >= 4 is 11.9 Å². The van der Waals surface area contributed by atoms with Gasteiger partial charge >= 0.3 is 5.97 Å². The molecule has 0 spiro atoms. The first kappa shape index (κ1) is 13.9. The number of phenolic OH excluding ortho intramolecular Hbond substituents is 1. The second kappa shape index (κ2) is 5.39. The van der Waals surface area contributed by atoms with E-state index in [0.717, 1.165) is 19.3 Å². The molecule has 21 heavy (non-hydrogen) atoms. The molecule has 2 aliphatic rings. The highest BCUT2D eigenvalue weighted by Gasteiger charge is 2.49. The first-order chi connectivity index (χ1) is 10.1. The molecule has 3 atom stereocenters. The van der Waals surface area contributed by atoms with Gasteiger partial charge in [0.25, 0.3) is 0 Å². The fourth-order valence-corrected chi connectivity index (χ4v) is 3.80. The normalized spacial score (nSPS) is 27.6. The molecule has 2 N–H and O–H groups in total. The number of para-hydroxylation sites is 1. The molecule has 5 nitrogen and oxygen atoms in total. The molecule has 1 aromatic carbocycles. The molecule has 1 aliphatic carbocycles. The minimum Gasteiger partial charge on any atom is -0.508 e. The van der Waals surface area contributed by atoms with E-state index in [2.05, 4.69) is 0 Å². The SMILES string of the molecule is O=C(O)C1C2CCCC2CN1C(=O)Cc1ccccc1O. The molecule has 0 aromatic heterocycles. The Kier molecular flexibility index (Phi) is 3.57. The van der Waals surface area contributed by atoms with Crippen molar-refractivity contribution in [1.29, 1.82) is 0 Å². The zero-order valence-electron chi connectivity index (χ0n) is 11.7. The highest BCUT2D eigenvalue weighted by atomic mass is 16.4. The van der Waals surface area contributed by atoms with Crippen molar-refractivity contribution in [2.45, 2.75) is 31.7 Å². The summed E-state index contributed by atoms with van der Waals surface area (Å²) < 4.78 is 0. The Morgan fingerprint density at radius 2 is 2.00 bits per heavy atom. The van der Waals surface area contributed by atoms with Gasteiger partial charge in [-0.2, -0.15) is 0 Å². The molecule has 1 aromatic rings. The minimum atomic E-state index is -0.907. The molecule has 5 heteroatoms. The van der Waals surface area contributed by atoms with Gasteiger partial charge < -0.3 is 15.1 Å². The van der Waals surface area contributed by atoms with Crippen molar-refractivity contribution in [2.24, 2.45) is 11.8 Å². The van der Waals surface area contributed by atoms with Crippen LogP contribution in [0.3, 0.4) is 0 Å². The molecule has 112 valence electrons. The van der Waals surface area contributed by atoms with E-state index < -0.39 is 12.0 Å². The van der Waals surface area contributed by atoms with Crippen LogP contribution >= 0.6 is 0 Å². The van der Waals surface area contributed by atoms with E-state index in [-0.39, 0.29) is 24.0 Å². The van der Waals surface area contributed by atoms with Crippen LogP contribution in [0.15, 0.2) is 24.3 Å². The average molecular weight is 289 g/mol. The number of likely N-dealkylation sites (tertiary alicyclic amines) is 1. The fourth-order valence-electron chi connectivity index (χ4n) is 3.80. The van der Waals surface area contributed by atoms with E-state index in [1.807, 2.05) is 0 Å². The second-order valence-corrected chi connectivity index (χ2v) is 5.99. The van der Waals surface area contributed by atoms with Gasteiger partial charge in [0.2, 0.25) is 5.91 Å². The maximum Gasteiger partial charge on any atom is 0.326 e. The lowest BCUT2D eigenvalue weighted by Crippen LogP contribution is -2.43. The summed E-state index contributed by atoms with van der Waals surface area (Å²) >= 11 is 0. The van der Waals surface area contributed by atoms with Crippen LogP contribution in [-0.4, -0.2) is 39.6 Å². The number of amides is 1. The standard InChI is InChI=1S/C16H19NO4/c18-13-7-2-1-4-10(13)8-14(19)17-9-11-5-3-6-12(11)15(17)16(20)21/h1-2,4,7,11-12,15,18H,3,5-6,8-9H2,(H,20,21). The minimum absolute atomic E-state index is 0.0515. The van der Waals surface area contributed by atoms with Crippen LogP contribution in [-0.2, 0) is 16.0 Å². The molecule has 3 unspecified atom stereocenters. The maximum absolute atomic E-state index is 12.5. The van der Waals surface area contributed by atoms with Gasteiger partial charge in [0.1, 0.15) is 11.8 Å². The molecule has 1 saturated heterocycles. The van der Waals surface area contributed by atoms with Gasteiger partial charge in [-0.3, -0.25) is 4.79 Å². The molecular weight excluding hydrogens is 270 g/mol. The van der Waals surface area contributed by atoms with Crippen LogP contribution in [0, 0.1) is 11.8 Å². The Morgan fingerprint density at radius 1 is 1.24 bits per heavy atom. The third-order valence-corrected chi connectivity index (χ3v) is 4.80. The van der Waals surface area contributed by atoms with Gasteiger partial charge in [-0.25, -0.2) is 4.79 Å². The van der Waals surface area contributed by atoms with E-state index in [0.29, 0.717) is 18.0 Å². The Balaban J connectivity index is 1.78. The predicted octanol–water partition coefficient (Wildman–Crippen LogP) is 1.65. The number of carbonyl (C=O) groups is 2. The van der Waals surface area contributed by atoms with Crippen molar-refractivity contribution in [2.75, 3.05) is 6.54 Å². The lowest BCUT2D eigenvalue weighted by Gasteiger charge is -2.24. The van der Waals surface area contributed by atoms with E-state index >= 15 is 0 Å². The number of aromatic hydroxyl groups is 1. The van der Waals surface area contributed by atoms with E-state index in [9.17, 15) is 19.8 Å². The Hall–Kier alpha value is -2.04. The lowest BCUT2D eigenvalue weighted by molar-refractivity contribution is -0.149. The number of fused-ring (bicyclic) bond motifs is 1. The zero-order valence-corrected chi connectivity index (χ0v) is 11.7. The first-order valence-corrected chi connectivity index (χ1v) is 7.37. The highest BCUT2D eigenvalue weighted by Crippen LogP contribution is 2.42. The summed E-state index contributed by atoms with van der Waals surface area (Å²) in [5, 5.41) is 19.2. The number of benzene rings is 1. The third-order valence-electron chi connectivity index (χ3n) is 4.80. The molecule has 0 radical (unpaired) electrons. The van der Waals surface area contributed by atoms with Crippen molar-refractivity contribution in [3.8, 4) is 5.75 Å². The molecule has 1 saturated carbocycles. The molecule has 1 aliphatic heterocycles. The molecule has 1 heterocycles. The number of carboxylic acids is 1. The predicted molar refractivity (Wildman–Crippen MR) is 75.8 cm³/mol. The number of carboxylic acid groups (broad SMARTS) is 1. The first-order valence-electron chi connectivity index (χ1n) is 7.37. The average Bonchev–Trinajstić information content (AvgIpc) is 3.00. The number of rotatable bonds is 3. The summed E-state index contributed by atoms with van der Waals surface area (Å²) in [4.78, 5) is 25.5. The maximum atomic E-state index is 12.5. The number of carbonyl (C=O) groups excluding carboxylic acids is 1. The highest BCUT2D eigenvalue weighted by molar-refractivity contribution is 5.86. The van der Waals surface area contributed by atoms with Crippen molar-refractivity contribution in [3.63, 3.8) is 0 Å². The third kappa shape index (κ3) is 2.48. The summed E-state index contributed by atoms with van der Waals surface area (Å²) in [6, 6.07) is 5.99. The molecule has 3 rings (SSSR count). The largest absolute Gasteiger partial charge is 0.508 e. The second-order valence-electron chi connectivity index (χ2n) is 5.99. The number of hydrogen-bond donors (Lipinski definition) is 2. The summed E-state index contributed by atoms with van der Waals surface area (Å²) in [6.07, 6.45) is 3.01. The molecule has 1 amide bonds. The van der Waals surface area contributed by atoms with Crippen LogP contribution in [0.5, 0.6) is 5.75 Å². The van der Waals surface area contributed by atoms with Gasteiger partial charge in [0.15, 0.2) is 0 Å². The summed E-state index contributed by atoms with van der Waals surface area (Å²) in [6.45, 7) is 0.536. The van der Waals surface area contributed by atoms with Crippen molar-refractivity contribution in [3.05, 3.63) is 29.8 Å². The monoisotopic (exact) mass is 289 g/mol. The molecule has 0 bridgehead atoms. The molecular formula is C16H19NO4. The van der Waals surface area contributed by atoms with E-state index in [1.54, 1.807) is 18.2 Å². The van der Waals surface area contributed by atoms with Gasteiger partial charge in [0.05, 0.1) is 6.42 Å². The van der Waals surface area contributed by atoms with Gasteiger partial charge in [-0.1, -0.05) is 24.6 Å². The summed E-state index contributed by atoms with van der Waals surface area (Å²) in [5.74, 6) is -0.624. The van der Waals surface area contributed by atoms with Gasteiger partial charge in [-0.15, -0.1) is 0 Å². The summed E-state index contributed by atoms with van der Waals surface area (Å²) in [7, 11) is 0. The van der Waals surface area contributed by atoms with Crippen molar-refractivity contribution < 1.29 is 19.8 Å². The number of phenols is 1. The van der Waals surface area contributed by atoms with Gasteiger partial charge in [-0.05, 0) is 30.7 Å². The topological polar surface area (TPSA) is 77.8 Å². The summed E-state index contributed by atoms with van der Waals surface area (Å²) in [5.41, 5.74) is 0.545. The quantitative estimate of drug-likeness (QED) is 0.887. The number of nitrogens with zero attached hydrogens (tertiary/aromatic N) is 1. The fraction of sp³-hybridized carbons (Fsp3) is 0.500. The lowest BCUT2D eigenvalue weighted by atomic mass is 9.94. The number of hydrogen-bond acceptors (Lipinski definition) is 3. The molecule has 2 fully saturated rings. The van der Waals surface area contributed by atoms with Crippen molar-refractivity contribution in [1.82, 2.24) is 4.90 Å². The van der Waals surface area contributed by atoms with E-state index in [1.165, 1.54) is 11.0 Å². The van der Waals surface area contributed by atoms with Crippen LogP contribution in [0.25, 0.3) is 0 Å². The van der Waals surface area contributed by atoms with Crippen LogP contribution in [0.2, 0.25) is 0 Å². The Morgan fingerprint density at radius 3 is 2.71 bits per heavy atom. The van der Waals surface area contributed by atoms with Crippen LogP contribution < -0.4 is 0 Å². The number of aliphatic carboxylic acids is 1.